The van der Waals surface area contributed by atoms with Gasteiger partial charge in [0.1, 0.15) is 0 Å². The first-order valence-corrected chi connectivity index (χ1v) is 13.6. The smallest absolute Gasteiger partial charge is 0.290 e. The van der Waals surface area contributed by atoms with Gasteiger partial charge in [0, 0.05) is 43.7 Å². The molecule has 0 spiro atoms. The molecule has 8 nitrogen and oxygen atoms in total. The number of likely N-dealkylation sites (N-methyl/N-ethyl adjacent to an activating group) is 1. The number of hydrogen-bond donors (Lipinski definition) is 2. The fourth-order valence-electron chi connectivity index (χ4n) is 3.95. The lowest BCUT2D eigenvalue weighted by atomic mass is 10.1. The van der Waals surface area contributed by atoms with Crippen LogP contribution in [0.4, 0.5) is 20.3 Å². The first kappa shape index (κ1) is 27.8. The fourth-order valence-corrected chi connectivity index (χ4v) is 5.92. The van der Waals surface area contributed by atoms with E-state index in [0.717, 1.165) is 30.8 Å². The van der Waals surface area contributed by atoms with Gasteiger partial charge in [0.25, 0.3) is 22.9 Å². The Hall–Kier alpha value is -2.80. The number of benzene rings is 2. The molecule has 1 aliphatic rings. The lowest BCUT2D eigenvalue weighted by molar-refractivity contribution is -0.122. The molecule has 3 aromatic rings. The van der Waals surface area contributed by atoms with E-state index in [-0.39, 0.29) is 28.8 Å². The molecule has 2 heterocycles. The van der Waals surface area contributed by atoms with Crippen molar-refractivity contribution in [2.24, 2.45) is 0 Å². The molecule has 0 amide bonds. The summed E-state index contributed by atoms with van der Waals surface area (Å²) in [5.41, 5.74) is 3.17. The van der Waals surface area contributed by atoms with Gasteiger partial charge in [-0.2, -0.15) is 0 Å². The van der Waals surface area contributed by atoms with Crippen molar-refractivity contribution in [2.75, 3.05) is 29.8 Å². The number of anilines is 2. The second-order valence-electron chi connectivity index (χ2n) is 8.03. The Morgan fingerprint density at radius 1 is 1.33 bits per heavy atom. The predicted octanol–water partition coefficient (Wildman–Crippen LogP) is 4.95. The average Bonchev–Trinajstić information content (AvgIpc) is 3.51. The zero-order valence-corrected chi connectivity index (χ0v) is 21.6. The number of alkyl halides is 2. The van der Waals surface area contributed by atoms with E-state index in [1.807, 2.05) is 18.0 Å². The van der Waals surface area contributed by atoms with Crippen LogP contribution in [0.3, 0.4) is 0 Å². The van der Waals surface area contributed by atoms with Crippen molar-refractivity contribution >= 4 is 50.9 Å². The molecule has 0 radical (unpaired) electrons. The van der Waals surface area contributed by atoms with Crippen LogP contribution in [0, 0.1) is 0 Å². The standard InChI is InChI=1S/C22H23ClF2N4O2S2.CH2O2/c1-28(17-7-8-29(12-17)11-15-3-2-4-16(9-15)22(24)25)20-6-5-18(10-19(20)23)33(30,31)27-21-13-32-14-26-21;2-1-3/h2-6,9-10,13-14,17,22,27H,7-8,11-12H2,1H3;1H,(H,2,3)/t17-;/m0./s1. The Morgan fingerprint density at radius 3 is 2.72 bits per heavy atom. The lowest BCUT2D eigenvalue weighted by Crippen LogP contribution is -2.34. The minimum atomic E-state index is -3.79. The number of likely N-dealkylation sites (tertiary alicyclic amines) is 1. The van der Waals surface area contributed by atoms with E-state index >= 15 is 0 Å². The molecular formula is C23H25ClF2N4O4S2. The van der Waals surface area contributed by atoms with Gasteiger partial charge in [-0.1, -0.05) is 29.8 Å². The van der Waals surface area contributed by atoms with Gasteiger partial charge < -0.3 is 10.0 Å². The van der Waals surface area contributed by atoms with Crippen LogP contribution >= 0.6 is 22.9 Å². The first-order chi connectivity index (χ1) is 17.1. The van der Waals surface area contributed by atoms with Gasteiger partial charge in [-0.3, -0.25) is 14.4 Å². The summed E-state index contributed by atoms with van der Waals surface area (Å²) in [5.74, 6) is 0.266. The molecule has 0 saturated carbocycles. The minimum absolute atomic E-state index is 0.0338. The summed E-state index contributed by atoms with van der Waals surface area (Å²) in [7, 11) is -1.87. The molecule has 2 aromatic carbocycles. The van der Waals surface area contributed by atoms with Crippen LogP contribution in [0.2, 0.25) is 5.02 Å². The highest BCUT2D eigenvalue weighted by atomic mass is 35.5. The maximum Gasteiger partial charge on any atom is 0.290 e. The summed E-state index contributed by atoms with van der Waals surface area (Å²) in [6, 6.07) is 11.3. The molecule has 1 aliphatic heterocycles. The van der Waals surface area contributed by atoms with Crippen LogP contribution in [0.5, 0.6) is 0 Å². The van der Waals surface area contributed by atoms with Crippen molar-refractivity contribution in [1.29, 1.82) is 0 Å². The van der Waals surface area contributed by atoms with Crippen molar-refractivity contribution < 1.29 is 27.1 Å². The average molecular weight is 559 g/mol. The maximum absolute atomic E-state index is 13.0. The number of carboxylic acid groups (broad SMARTS) is 1. The number of sulfonamides is 1. The van der Waals surface area contributed by atoms with E-state index in [1.54, 1.807) is 29.1 Å². The third-order valence-electron chi connectivity index (χ3n) is 5.69. The van der Waals surface area contributed by atoms with E-state index in [4.69, 9.17) is 21.5 Å². The summed E-state index contributed by atoms with van der Waals surface area (Å²) >= 11 is 7.77. The maximum atomic E-state index is 13.0. The van der Waals surface area contributed by atoms with Crippen molar-refractivity contribution in [3.05, 3.63) is 69.5 Å². The fraction of sp³-hybridized carbons (Fsp3) is 0.304. The monoisotopic (exact) mass is 558 g/mol. The Balaban J connectivity index is 0.00000115. The van der Waals surface area contributed by atoms with E-state index in [9.17, 15) is 17.2 Å². The zero-order valence-electron chi connectivity index (χ0n) is 19.2. The Bertz CT molecular complexity index is 1260. The van der Waals surface area contributed by atoms with Gasteiger partial charge in [-0.15, -0.1) is 11.3 Å². The Kier molecular flexibility index (Phi) is 9.60. The van der Waals surface area contributed by atoms with E-state index in [2.05, 4.69) is 14.6 Å². The molecule has 1 aromatic heterocycles. The SMILES string of the molecule is CN(c1ccc(S(=O)(=O)Nc2cscn2)cc1Cl)[C@H]1CCN(Cc2cccc(C(F)F)c2)C1.O=CO. The minimum Gasteiger partial charge on any atom is -0.483 e. The van der Waals surface area contributed by atoms with Crippen LogP contribution in [-0.2, 0) is 21.4 Å². The summed E-state index contributed by atoms with van der Waals surface area (Å²) in [5, 5.41) is 8.83. The highest BCUT2D eigenvalue weighted by molar-refractivity contribution is 7.92. The van der Waals surface area contributed by atoms with Crippen molar-refractivity contribution in [2.45, 2.75) is 30.3 Å². The summed E-state index contributed by atoms with van der Waals surface area (Å²) < 4.78 is 53.6. The molecule has 1 atom stereocenters. The highest BCUT2D eigenvalue weighted by Gasteiger charge is 2.28. The second kappa shape index (κ2) is 12.4. The van der Waals surface area contributed by atoms with Crippen LogP contribution in [-0.4, -0.2) is 56.1 Å². The van der Waals surface area contributed by atoms with Gasteiger partial charge in [-0.05, 0) is 36.2 Å². The quantitative estimate of drug-likeness (QED) is 0.377. The van der Waals surface area contributed by atoms with Gasteiger partial charge >= 0.3 is 0 Å². The number of thiazole rings is 1. The van der Waals surface area contributed by atoms with Crippen LogP contribution < -0.4 is 9.62 Å². The van der Waals surface area contributed by atoms with Gasteiger partial charge in [0.15, 0.2) is 5.82 Å². The molecule has 0 bridgehead atoms. The summed E-state index contributed by atoms with van der Waals surface area (Å²) in [4.78, 5) is 16.6. The third-order valence-corrected chi connectivity index (χ3v) is 7.93. The van der Waals surface area contributed by atoms with E-state index < -0.39 is 16.4 Å². The van der Waals surface area contributed by atoms with E-state index in [1.165, 1.54) is 29.5 Å². The molecule has 2 N–H and O–H groups in total. The van der Waals surface area contributed by atoms with Gasteiger partial charge in [0.05, 0.1) is 21.1 Å². The number of nitrogens with one attached hydrogen (secondary N) is 1. The molecule has 36 heavy (non-hydrogen) atoms. The number of hydrogen-bond acceptors (Lipinski definition) is 7. The first-order valence-electron chi connectivity index (χ1n) is 10.7. The molecular weight excluding hydrogens is 534 g/mol. The molecule has 0 aliphatic carbocycles. The molecule has 0 unspecified atom stereocenters. The van der Waals surface area contributed by atoms with Crippen molar-refractivity contribution in [1.82, 2.24) is 9.88 Å². The number of halogens is 3. The van der Waals surface area contributed by atoms with Gasteiger partial charge in [-0.25, -0.2) is 22.2 Å². The topological polar surface area (TPSA) is 103 Å². The Morgan fingerprint density at radius 2 is 2.08 bits per heavy atom. The number of carbonyl (C=O) groups is 1. The van der Waals surface area contributed by atoms with Crippen LogP contribution in [0.25, 0.3) is 0 Å². The molecule has 194 valence electrons. The number of aromatic nitrogens is 1. The molecule has 13 heteroatoms. The van der Waals surface area contributed by atoms with Crippen LogP contribution in [0.15, 0.2) is 58.3 Å². The third kappa shape index (κ3) is 7.12. The highest BCUT2D eigenvalue weighted by Crippen LogP contribution is 2.32. The van der Waals surface area contributed by atoms with Gasteiger partial charge in [0.2, 0.25) is 0 Å². The zero-order chi connectivity index (χ0) is 26.3. The van der Waals surface area contributed by atoms with Crippen molar-refractivity contribution in [3.63, 3.8) is 0 Å². The van der Waals surface area contributed by atoms with Crippen LogP contribution in [0.1, 0.15) is 24.0 Å². The molecule has 1 saturated heterocycles. The second-order valence-corrected chi connectivity index (χ2v) is 10.8. The normalized spacial score (nSPS) is 15.9. The molecule has 1 fully saturated rings. The number of nitrogens with zero attached hydrogens (tertiary/aromatic N) is 3. The Labute approximate surface area is 217 Å². The largest absolute Gasteiger partial charge is 0.483 e. The predicted molar refractivity (Wildman–Crippen MR) is 137 cm³/mol. The summed E-state index contributed by atoms with van der Waals surface area (Å²) in [6.07, 6.45) is -1.60. The van der Waals surface area contributed by atoms with Crippen molar-refractivity contribution in [3.8, 4) is 0 Å². The van der Waals surface area contributed by atoms with E-state index in [0.29, 0.717) is 11.6 Å². The molecule has 4 rings (SSSR count). The lowest BCUT2D eigenvalue weighted by Gasteiger charge is -2.28. The summed E-state index contributed by atoms with van der Waals surface area (Å²) in [6.45, 7) is 1.92. The number of rotatable bonds is 8.